The molecule has 0 fully saturated rings. The third kappa shape index (κ3) is 1.52. The Hall–Kier alpha value is -1.24. The van der Waals surface area contributed by atoms with Crippen LogP contribution in [0.25, 0.3) is 11.0 Å². The summed E-state index contributed by atoms with van der Waals surface area (Å²) in [6, 6.07) is 6.65. The van der Waals surface area contributed by atoms with Gasteiger partial charge in [0, 0.05) is 5.39 Å². The van der Waals surface area contributed by atoms with Crippen LogP contribution in [0, 0.1) is 0 Å². The van der Waals surface area contributed by atoms with Crippen LogP contribution < -0.4 is 0 Å². The number of furan rings is 1. The lowest BCUT2D eigenvalue weighted by molar-refractivity contribution is 0.332. The molecule has 0 atom stereocenters. The molecule has 1 aromatic heterocycles. The summed E-state index contributed by atoms with van der Waals surface area (Å²) in [4.78, 5) is 0. The van der Waals surface area contributed by atoms with Gasteiger partial charge in [0.25, 0.3) is 0 Å². The van der Waals surface area contributed by atoms with Crippen molar-refractivity contribution >= 4 is 11.0 Å². The molecule has 0 aliphatic heterocycles. The summed E-state index contributed by atoms with van der Waals surface area (Å²) in [5, 5.41) is 1.23. The van der Waals surface area contributed by atoms with Crippen molar-refractivity contribution in [3.8, 4) is 0 Å². The van der Waals surface area contributed by atoms with Gasteiger partial charge in [-0.2, -0.15) is 0 Å². The van der Waals surface area contributed by atoms with Gasteiger partial charge in [-0.25, -0.2) is 0 Å². The topological polar surface area (TPSA) is 13.1 Å². The average molecular weight is 228 g/mol. The van der Waals surface area contributed by atoms with E-state index in [0.717, 1.165) is 5.58 Å². The fourth-order valence-electron chi connectivity index (χ4n) is 3.02. The van der Waals surface area contributed by atoms with Crippen LogP contribution in [0.2, 0.25) is 0 Å². The lowest BCUT2D eigenvalue weighted by atomic mass is 9.63. The zero-order valence-electron chi connectivity index (χ0n) is 11.1. The van der Waals surface area contributed by atoms with Crippen LogP contribution in [0.4, 0.5) is 0 Å². The van der Waals surface area contributed by atoms with Crippen LogP contribution in [-0.4, -0.2) is 0 Å². The third-order valence-corrected chi connectivity index (χ3v) is 4.43. The van der Waals surface area contributed by atoms with E-state index in [9.17, 15) is 0 Å². The van der Waals surface area contributed by atoms with E-state index in [4.69, 9.17) is 4.42 Å². The van der Waals surface area contributed by atoms with Crippen LogP contribution >= 0.6 is 0 Å². The molecule has 1 heteroatoms. The Balaban J connectivity index is 2.35. The predicted molar refractivity (Wildman–Crippen MR) is 71.5 cm³/mol. The van der Waals surface area contributed by atoms with Crippen LogP contribution in [0.3, 0.4) is 0 Å². The van der Waals surface area contributed by atoms with Gasteiger partial charge in [0.15, 0.2) is 0 Å². The van der Waals surface area contributed by atoms with E-state index in [2.05, 4.69) is 45.9 Å². The molecule has 1 heterocycles. The van der Waals surface area contributed by atoms with Crippen LogP contribution in [0.15, 0.2) is 28.9 Å². The van der Waals surface area contributed by atoms with Crippen molar-refractivity contribution < 1.29 is 4.42 Å². The Labute approximate surface area is 103 Å². The first-order valence-electron chi connectivity index (χ1n) is 6.42. The fraction of sp³-hybridized carbons (Fsp3) is 0.500. The van der Waals surface area contributed by atoms with E-state index in [-0.39, 0.29) is 10.8 Å². The van der Waals surface area contributed by atoms with Gasteiger partial charge in [-0.05, 0) is 53.0 Å². The van der Waals surface area contributed by atoms with Gasteiger partial charge in [-0.3, -0.25) is 0 Å². The smallest absolute Gasteiger partial charge is 0.134 e. The monoisotopic (exact) mass is 228 g/mol. The molecule has 90 valence electrons. The van der Waals surface area contributed by atoms with Gasteiger partial charge >= 0.3 is 0 Å². The first kappa shape index (κ1) is 10.9. The minimum Gasteiger partial charge on any atom is -0.464 e. The second kappa shape index (κ2) is 3.16. The molecule has 1 aromatic carbocycles. The SMILES string of the molecule is CC1(C)CCC(C)(C)c2cc3occc3cc21. The molecule has 0 N–H and O–H groups in total. The van der Waals surface area contributed by atoms with Gasteiger partial charge in [0.1, 0.15) is 5.58 Å². The van der Waals surface area contributed by atoms with Crippen molar-refractivity contribution in [3.05, 3.63) is 35.6 Å². The second-order valence-corrected chi connectivity index (χ2v) is 6.62. The van der Waals surface area contributed by atoms with E-state index in [1.165, 1.54) is 29.4 Å². The molecular weight excluding hydrogens is 208 g/mol. The molecule has 0 amide bonds. The summed E-state index contributed by atoms with van der Waals surface area (Å²) in [5.41, 5.74) is 4.55. The summed E-state index contributed by atoms with van der Waals surface area (Å²) < 4.78 is 5.55. The number of hydrogen-bond acceptors (Lipinski definition) is 1. The van der Waals surface area contributed by atoms with Crippen molar-refractivity contribution in [2.24, 2.45) is 0 Å². The molecule has 1 aliphatic carbocycles. The number of benzene rings is 1. The third-order valence-electron chi connectivity index (χ3n) is 4.43. The van der Waals surface area contributed by atoms with Crippen molar-refractivity contribution in [1.29, 1.82) is 0 Å². The molecule has 17 heavy (non-hydrogen) atoms. The quantitative estimate of drug-likeness (QED) is 0.632. The molecule has 1 aliphatic rings. The summed E-state index contributed by atoms with van der Waals surface area (Å²) in [6.45, 7) is 9.39. The minimum absolute atomic E-state index is 0.270. The zero-order valence-corrected chi connectivity index (χ0v) is 11.1. The Morgan fingerprint density at radius 1 is 0.941 bits per heavy atom. The number of rotatable bonds is 0. The van der Waals surface area contributed by atoms with E-state index >= 15 is 0 Å². The second-order valence-electron chi connectivity index (χ2n) is 6.62. The van der Waals surface area contributed by atoms with Gasteiger partial charge in [0.05, 0.1) is 6.26 Å². The summed E-state index contributed by atoms with van der Waals surface area (Å²) in [5.74, 6) is 0. The first-order valence-corrected chi connectivity index (χ1v) is 6.42. The van der Waals surface area contributed by atoms with Gasteiger partial charge in [-0.15, -0.1) is 0 Å². The van der Waals surface area contributed by atoms with Crippen molar-refractivity contribution in [3.63, 3.8) is 0 Å². The van der Waals surface area contributed by atoms with Gasteiger partial charge in [-0.1, -0.05) is 27.7 Å². The molecule has 0 bridgehead atoms. The lowest BCUT2D eigenvalue weighted by Gasteiger charge is -2.41. The summed E-state index contributed by atoms with van der Waals surface area (Å²) >= 11 is 0. The maximum absolute atomic E-state index is 5.55. The summed E-state index contributed by atoms with van der Waals surface area (Å²) in [7, 11) is 0. The molecule has 1 nitrogen and oxygen atoms in total. The van der Waals surface area contributed by atoms with Gasteiger partial charge in [0.2, 0.25) is 0 Å². The van der Waals surface area contributed by atoms with Gasteiger partial charge < -0.3 is 4.42 Å². The van der Waals surface area contributed by atoms with Crippen molar-refractivity contribution in [2.45, 2.75) is 51.4 Å². The number of hydrogen-bond donors (Lipinski definition) is 0. The zero-order chi connectivity index (χ0) is 12.3. The average Bonchev–Trinajstić information content (AvgIpc) is 2.70. The van der Waals surface area contributed by atoms with Crippen LogP contribution in [0.1, 0.15) is 51.7 Å². The van der Waals surface area contributed by atoms with E-state index in [0.29, 0.717) is 0 Å². The summed E-state index contributed by atoms with van der Waals surface area (Å²) in [6.07, 6.45) is 4.30. The Bertz CT molecular complexity index is 522. The Kier molecular flexibility index (Phi) is 2.02. The van der Waals surface area contributed by atoms with Crippen molar-refractivity contribution in [1.82, 2.24) is 0 Å². The van der Waals surface area contributed by atoms with E-state index < -0.39 is 0 Å². The minimum atomic E-state index is 0.270. The predicted octanol–water partition coefficient (Wildman–Crippen LogP) is 4.78. The van der Waals surface area contributed by atoms with E-state index in [1.54, 1.807) is 6.26 Å². The van der Waals surface area contributed by atoms with Crippen LogP contribution in [-0.2, 0) is 10.8 Å². The molecule has 3 rings (SSSR count). The highest BCUT2D eigenvalue weighted by Gasteiger charge is 2.37. The van der Waals surface area contributed by atoms with E-state index in [1.807, 2.05) is 0 Å². The highest BCUT2D eigenvalue weighted by atomic mass is 16.3. The highest BCUT2D eigenvalue weighted by Crippen LogP contribution is 2.46. The lowest BCUT2D eigenvalue weighted by Crippen LogP contribution is -2.33. The normalized spacial score (nSPS) is 21.4. The molecule has 0 unspecified atom stereocenters. The molecular formula is C16H20O. The molecule has 2 aromatic rings. The Morgan fingerprint density at radius 2 is 1.53 bits per heavy atom. The maximum Gasteiger partial charge on any atom is 0.134 e. The molecule has 0 saturated carbocycles. The first-order chi connectivity index (χ1) is 7.90. The Morgan fingerprint density at radius 3 is 2.18 bits per heavy atom. The largest absolute Gasteiger partial charge is 0.464 e. The molecule has 0 saturated heterocycles. The van der Waals surface area contributed by atoms with Crippen molar-refractivity contribution in [2.75, 3.05) is 0 Å². The standard InChI is InChI=1S/C16H20O/c1-15(2)6-7-16(3,4)13-10-14-11(5-8-17-14)9-12(13)15/h5,8-10H,6-7H2,1-4H3. The maximum atomic E-state index is 5.55. The molecule has 0 radical (unpaired) electrons. The fourth-order valence-corrected chi connectivity index (χ4v) is 3.02. The molecule has 0 spiro atoms. The highest BCUT2D eigenvalue weighted by molar-refractivity contribution is 5.80. The van der Waals surface area contributed by atoms with Crippen LogP contribution in [0.5, 0.6) is 0 Å². The number of fused-ring (bicyclic) bond motifs is 2.